The standard InChI is InChI=1S/C10H16O2/c1-8(2)6-5-7-9(3)10(11)12-4/h1,3,5-7H2,2,4H3. The van der Waals surface area contributed by atoms with Gasteiger partial charge in [0.25, 0.3) is 0 Å². The van der Waals surface area contributed by atoms with Crippen LogP contribution in [-0.2, 0) is 9.53 Å². The number of methoxy groups -OCH3 is 1. The maximum atomic E-state index is 10.8. The van der Waals surface area contributed by atoms with E-state index in [0.29, 0.717) is 12.0 Å². The Balaban J connectivity index is 3.58. The fourth-order valence-corrected chi connectivity index (χ4v) is 0.850. The largest absolute Gasteiger partial charge is 0.466 e. The molecule has 0 aromatic carbocycles. The lowest BCUT2D eigenvalue weighted by Crippen LogP contribution is -2.03. The fraction of sp³-hybridized carbons (Fsp3) is 0.500. The summed E-state index contributed by atoms with van der Waals surface area (Å²) in [6, 6.07) is 0. The molecule has 12 heavy (non-hydrogen) atoms. The van der Waals surface area contributed by atoms with Gasteiger partial charge in [-0.25, -0.2) is 4.79 Å². The Labute approximate surface area is 73.9 Å². The fourth-order valence-electron chi connectivity index (χ4n) is 0.850. The van der Waals surface area contributed by atoms with Crippen LogP contribution in [0.4, 0.5) is 0 Å². The lowest BCUT2D eigenvalue weighted by Gasteiger charge is -2.02. The molecule has 0 atom stereocenters. The molecule has 0 saturated heterocycles. The Morgan fingerprint density at radius 3 is 2.33 bits per heavy atom. The topological polar surface area (TPSA) is 26.3 Å². The van der Waals surface area contributed by atoms with Crippen molar-refractivity contribution in [1.82, 2.24) is 0 Å². The van der Waals surface area contributed by atoms with E-state index < -0.39 is 0 Å². The van der Waals surface area contributed by atoms with E-state index in [4.69, 9.17) is 0 Å². The number of esters is 1. The van der Waals surface area contributed by atoms with Crippen LogP contribution < -0.4 is 0 Å². The quantitative estimate of drug-likeness (QED) is 0.358. The molecule has 2 nitrogen and oxygen atoms in total. The normalized spacial score (nSPS) is 9.17. The first kappa shape index (κ1) is 11.0. The predicted octanol–water partition coefficient (Wildman–Crippen LogP) is 2.46. The van der Waals surface area contributed by atoms with Crippen LogP contribution in [0.1, 0.15) is 26.2 Å². The molecule has 0 aliphatic carbocycles. The Morgan fingerprint density at radius 2 is 1.92 bits per heavy atom. The van der Waals surface area contributed by atoms with Crippen LogP contribution in [0.5, 0.6) is 0 Å². The summed E-state index contributed by atoms with van der Waals surface area (Å²) in [6.45, 7) is 9.36. The van der Waals surface area contributed by atoms with E-state index in [2.05, 4.69) is 17.9 Å². The van der Waals surface area contributed by atoms with Crippen LogP contribution >= 0.6 is 0 Å². The van der Waals surface area contributed by atoms with E-state index in [1.165, 1.54) is 7.11 Å². The van der Waals surface area contributed by atoms with Crippen LogP contribution in [0.2, 0.25) is 0 Å². The highest BCUT2D eigenvalue weighted by Gasteiger charge is 2.04. The molecule has 0 amide bonds. The SMILES string of the molecule is C=C(C)CCCC(=C)C(=O)OC. The number of hydrogen-bond acceptors (Lipinski definition) is 2. The molecule has 0 bridgehead atoms. The molecule has 0 aromatic rings. The van der Waals surface area contributed by atoms with Gasteiger partial charge in [-0.15, -0.1) is 6.58 Å². The predicted molar refractivity (Wildman–Crippen MR) is 49.8 cm³/mol. The van der Waals surface area contributed by atoms with Crippen molar-refractivity contribution in [2.75, 3.05) is 7.11 Å². The molecule has 0 aliphatic rings. The van der Waals surface area contributed by atoms with Crippen LogP contribution in [-0.4, -0.2) is 13.1 Å². The first-order valence-electron chi connectivity index (χ1n) is 3.98. The van der Waals surface area contributed by atoms with Gasteiger partial charge < -0.3 is 4.74 Å². The van der Waals surface area contributed by atoms with Crippen molar-refractivity contribution in [2.45, 2.75) is 26.2 Å². The average Bonchev–Trinajstić information content (AvgIpc) is 2.02. The summed E-state index contributed by atoms with van der Waals surface area (Å²) in [5.41, 5.74) is 1.67. The van der Waals surface area contributed by atoms with Crippen molar-refractivity contribution >= 4 is 5.97 Å². The molecule has 0 unspecified atom stereocenters. The van der Waals surface area contributed by atoms with Crippen molar-refractivity contribution in [2.24, 2.45) is 0 Å². The van der Waals surface area contributed by atoms with Gasteiger partial charge in [0.1, 0.15) is 0 Å². The number of carbonyl (C=O) groups is 1. The first-order valence-corrected chi connectivity index (χ1v) is 3.98. The third-order valence-electron chi connectivity index (χ3n) is 1.56. The molecule has 68 valence electrons. The van der Waals surface area contributed by atoms with Gasteiger partial charge in [-0.05, 0) is 26.2 Å². The highest BCUT2D eigenvalue weighted by atomic mass is 16.5. The number of carbonyl (C=O) groups excluding carboxylic acids is 1. The molecular weight excluding hydrogens is 152 g/mol. The molecule has 0 rings (SSSR count). The van der Waals surface area contributed by atoms with Crippen molar-refractivity contribution in [3.05, 3.63) is 24.3 Å². The van der Waals surface area contributed by atoms with Gasteiger partial charge in [0.05, 0.1) is 7.11 Å². The maximum absolute atomic E-state index is 10.8. The maximum Gasteiger partial charge on any atom is 0.333 e. The Morgan fingerprint density at radius 1 is 1.33 bits per heavy atom. The Hall–Kier alpha value is -1.05. The third-order valence-corrected chi connectivity index (χ3v) is 1.56. The summed E-state index contributed by atoms with van der Waals surface area (Å²) in [5.74, 6) is -0.309. The average molecular weight is 168 g/mol. The second-order valence-electron chi connectivity index (χ2n) is 2.91. The lowest BCUT2D eigenvalue weighted by atomic mass is 10.1. The minimum Gasteiger partial charge on any atom is -0.466 e. The Bertz CT molecular complexity index is 192. The summed E-state index contributed by atoms with van der Waals surface area (Å²) < 4.78 is 4.51. The summed E-state index contributed by atoms with van der Waals surface area (Å²) in [4.78, 5) is 10.8. The van der Waals surface area contributed by atoms with Gasteiger partial charge in [0.15, 0.2) is 0 Å². The molecule has 0 radical (unpaired) electrons. The third kappa shape index (κ3) is 4.72. The second kappa shape index (κ2) is 5.58. The zero-order chi connectivity index (χ0) is 9.56. The number of allylic oxidation sites excluding steroid dienone is 1. The Kier molecular flexibility index (Phi) is 5.09. The van der Waals surface area contributed by atoms with Gasteiger partial charge in [-0.2, -0.15) is 0 Å². The second-order valence-corrected chi connectivity index (χ2v) is 2.91. The van der Waals surface area contributed by atoms with E-state index in [-0.39, 0.29) is 5.97 Å². The van der Waals surface area contributed by atoms with Crippen LogP contribution in [0, 0.1) is 0 Å². The van der Waals surface area contributed by atoms with Crippen molar-refractivity contribution in [3.8, 4) is 0 Å². The molecule has 0 aromatic heterocycles. The molecule has 0 fully saturated rings. The van der Waals surface area contributed by atoms with E-state index >= 15 is 0 Å². The molecule has 0 saturated carbocycles. The minimum absolute atomic E-state index is 0.309. The zero-order valence-corrected chi connectivity index (χ0v) is 7.85. The highest BCUT2D eigenvalue weighted by Crippen LogP contribution is 2.10. The summed E-state index contributed by atoms with van der Waals surface area (Å²) in [6.07, 6.45) is 2.55. The molecule has 0 spiro atoms. The van der Waals surface area contributed by atoms with Crippen molar-refractivity contribution in [3.63, 3.8) is 0 Å². The van der Waals surface area contributed by atoms with Gasteiger partial charge in [0.2, 0.25) is 0 Å². The van der Waals surface area contributed by atoms with E-state index in [9.17, 15) is 4.79 Å². The van der Waals surface area contributed by atoms with E-state index in [1.54, 1.807) is 0 Å². The van der Waals surface area contributed by atoms with Crippen molar-refractivity contribution < 1.29 is 9.53 Å². The van der Waals surface area contributed by atoms with Gasteiger partial charge in [-0.1, -0.05) is 12.2 Å². The molecule has 2 heteroatoms. The number of ether oxygens (including phenoxy) is 1. The minimum atomic E-state index is -0.309. The lowest BCUT2D eigenvalue weighted by molar-refractivity contribution is -0.136. The molecule has 0 N–H and O–H groups in total. The van der Waals surface area contributed by atoms with Crippen molar-refractivity contribution in [1.29, 1.82) is 0 Å². The zero-order valence-electron chi connectivity index (χ0n) is 7.85. The monoisotopic (exact) mass is 168 g/mol. The number of hydrogen-bond donors (Lipinski definition) is 0. The van der Waals surface area contributed by atoms with E-state index in [0.717, 1.165) is 18.4 Å². The van der Waals surface area contributed by atoms with Crippen LogP contribution in [0.3, 0.4) is 0 Å². The summed E-state index contributed by atoms with van der Waals surface area (Å²) in [5, 5.41) is 0. The molecule has 0 aliphatic heterocycles. The summed E-state index contributed by atoms with van der Waals surface area (Å²) in [7, 11) is 1.37. The van der Waals surface area contributed by atoms with Gasteiger partial charge in [0, 0.05) is 5.57 Å². The summed E-state index contributed by atoms with van der Waals surface area (Å²) >= 11 is 0. The van der Waals surface area contributed by atoms with Crippen LogP contribution in [0.25, 0.3) is 0 Å². The van der Waals surface area contributed by atoms with Crippen LogP contribution in [0.15, 0.2) is 24.3 Å². The van der Waals surface area contributed by atoms with E-state index in [1.807, 2.05) is 6.92 Å². The molecular formula is C10H16O2. The number of rotatable bonds is 5. The van der Waals surface area contributed by atoms with Gasteiger partial charge in [-0.3, -0.25) is 0 Å². The first-order chi connectivity index (χ1) is 5.57. The smallest absolute Gasteiger partial charge is 0.333 e. The molecule has 0 heterocycles. The van der Waals surface area contributed by atoms with Gasteiger partial charge >= 0.3 is 5.97 Å². The highest BCUT2D eigenvalue weighted by molar-refractivity contribution is 5.87.